The number of hydrogen-bond acceptors (Lipinski definition) is 6. The standard InChI is InChI=1S/C21H27N5O2/c1-12-10-15(20(28)19(12)27)24-17-8-9-22-18-11-14(25-26(17)18)13-6-5-7-16(23-13)21(2,3)4/h5-9,11-12,15,19-20,24,27-28H,10H2,1-4H3/t12-,15-,19-,20+/m1/s1. The zero-order chi connectivity index (χ0) is 20.1. The highest BCUT2D eigenvalue weighted by molar-refractivity contribution is 5.62. The molecule has 4 atom stereocenters. The predicted molar refractivity (Wildman–Crippen MR) is 108 cm³/mol. The molecule has 1 fully saturated rings. The van der Waals surface area contributed by atoms with E-state index in [1.165, 1.54) is 0 Å². The molecule has 1 aliphatic rings. The number of rotatable bonds is 3. The first kappa shape index (κ1) is 18.8. The van der Waals surface area contributed by atoms with Crippen molar-refractivity contribution in [3.8, 4) is 11.4 Å². The molecule has 1 aliphatic carbocycles. The van der Waals surface area contributed by atoms with Crippen LogP contribution >= 0.6 is 0 Å². The Morgan fingerprint density at radius 1 is 1.11 bits per heavy atom. The number of anilines is 1. The van der Waals surface area contributed by atoms with Gasteiger partial charge >= 0.3 is 0 Å². The van der Waals surface area contributed by atoms with Gasteiger partial charge in [-0.2, -0.15) is 9.61 Å². The second kappa shape index (κ2) is 6.83. The van der Waals surface area contributed by atoms with Crippen LogP contribution in [0.1, 0.15) is 39.8 Å². The molecule has 0 spiro atoms. The summed E-state index contributed by atoms with van der Waals surface area (Å²) in [5.74, 6) is 0.774. The largest absolute Gasteiger partial charge is 0.390 e. The van der Waals surface area contributed by atoms with Crippen molar-refractivity contribution in [3.05, 3.63) is 42.2 Å². The fraction of sp³-hybridized carbons (Fsp3) is 0.476. The van der Waals surface area contributed by atoms with Crippen molar-refractivity contribution in [1.29, 1.82) is 0 Å². The van der Waals surface area contributed by atoms with E-state index in [9.17, 15) is 10.2 Å². The summed E-state index contributed by atoms with van der Waals surface area (Å²) in [4.78, 5) is 9.18. The second-order valence-electron chi connectivity index (χ2n) is 8.73. The van der Waals surface area contributed by atoms with Crippen LogP contribution in [-0.4, -0.2) is 48.0 Å². The molecule has 3 heterocycles. The third-order valence-electron chi connectivity index (χ3n) is 5.44. The Hall–Kier alpha value is -2.51. The lowest BCUT2D eigenvalue weighted by molar-refractivity contribution is 0.0210. The van der Waals surface area contributed by atoms with Crippen LogP contribution in [0.3, 0.4) is 0 Å². The molecule has 0 radical (unpaired) electrons. The van der Waals surface area contributed by atoms with E-state index in [4.69, 9.17) is 10.1 Å². The minimum absolute atomic E-state index is 0.0438. The Labute approximate surface area is 164 Å². The fourth-order valence-corrected chi connectivity index (χ4v) is 3.71. The van der Waals surface area contributed by atoms with Gasteiger partial charge in [0, 0.05) is 23.4 Å². The quantitative estimate of drug-likeness (QED) is 0.646. The molecular formula is C21H27N5O2. The second-order valence-corrected chi connectivity index (χ2v) is 8.73. The van der Waals surface area contributed by atoms with Crippen molar-refractivity contribution < 1.29 is 10.2 Å². The van der Waals surface area contributed by atoms with Crippen LogP contribution in [-0.2, 0) is 5.41 Å². The zero-order valence-electron chi connectivity index (χ0n) is 16.7. The summed E-state index contributed by atoms with van der Waals surface area (Å²) in [5, 5.41) is 28.3. The van der Waals surface area contributed by atoms with Gasteiger partial charge in [-0.25, -0.2) is 4.98 Å². The fourth-order valence-electron chi connectivity index (χ4n) is 3.71. The van der Waals surface area contributed by atoms with E-state index in [0.717, 1.165) is 22.9 Å². The van der Waals surface area contributed by atoms with Crippen molar-refractivity contribution in [2.75, 3.05) is 5.32 Å². The summed E-state index contributed by atoms with van der Waals surface area (Å²) < 4.78 is 1.73. The number of nitrogens with one attached hydrogen (secondary N) is 1. The van der Waals surface area contributed by atoms with Crippen molar-refractivity contribution in [1.82, 2.24) is 19.6 Å². The van der Waals surface area contributed by atoms with E-state index >= 15 is 0 Å². The Morgan fingerprint density at radius 2 is 1.89 bits per heavy atom. The lowest BCUT2D eigenvalue weighted by atomic mass is 9.91. The van der Waals surface area contributed by atoms with Crippen molar-refractivity contribution >= 4 is 11.5 Å². The van der Waals surface area contributed by atoms with Crippen LogP contribution < -0.4 is 5.32 Å². The van der Waals surface area contributed by atoms with E-state index in [0.29, 0.717) is 12.1 Å². The van der Waals surface area contributed by atoms with Gasteiger partial charge in [-0.1, -0.05) is 33.8 Å². The Morgan fingerprint density at radius 3 is 2.57 bits per heavy atom. The van der Waals surface area contributed by atoms with Crippen molar-refractivity contribution in [2.24, 2.45) is 5.92 Å². The summed E-state index contributed by atoms with van der Waals surface area (Å²) in [6, 6.07) is 9.47. The van der Waals surface area contributed by atoms with Crippen LogP contribution in [0.2, 0.25) is 0 Å². The van der Waals surface area contributed by atoms with Gasteiger partial charge in [0.15, 0.2) is 5.65 Å². The third kappa shape index (κ3) is 3.36. The molecule has 0 aromatic carbocycles. The smallest absolute Gasteiger partial charge is 0.157 e. The SMILES string of the molecule is C[C@@H]1C[C@@H](Nc2ccnc3cc(-c4cccc(C(C)(C)C)n4)nn23)[C@H](O)[C@@H]1O. The van der Waals surface area contributed by atoms with E-state index < -0.39 is 12.2 Å². The molecule has 1 saturated carbocycles. The van der Waals surface area contributed by atoms with E-state index in [1.54, 1.807) is 10.7 Å². The number of nitrogens with zero attached hydrogens (tertiary/aromatic N) is 4. The number of aliphatic hydroxyl groups excluding tert-OH is 2. The van der Waals surface area contributed by atoms with Crippen LogP contribution in [0, 0.1) is 5.92 Å². The van der Waals surface area contributed by atoms with E-state index in [2.05, 4.69) is 31.1 Å². The highest BCUT2D eigenvalue weighted by Gasteiger charge is 2.39. The van der Waals surface area contributed by atoms with Gasteiger partial charge in [-0.3, -0.25) is 4.98 Å². The highest BCUT2D eigenvalue weighted by atomic mass is 16.3. The average Bonchev–Trinajstić information content (AvgIpc) is 3.19. The van der Waals surface area contributed by atoms with Gasteiger partial charge in [0.1, 0.15) is 17.6 Å². The summed E-state index contributed by atoms with van der Waals surface area (Å²) in [6.45, 7) is 8.34. The first-order valence-corrected chi connectivity index (χ1v) is 9.69. The molecule has 3 N–H and O–H groups in total. The Balaban J connectivity index is 1.68. The third-order valence-corrected chi connectivity index (χ3v) is 5.44. The maximum Gasteiger partial charge on any atom is 0.157 e. The van der Waals surface area contributed by atoms with Crippen LogP contribution in [0.5, 0.6) is 0 Å². The molecule has 7 nitrogen and oxygen atoms in total. The summed E-state index contributed by atoms with van der Waals surface area (Å²) in [5.41, 5.74) is 3.20. The highest BCUT2D eigenvalue weighted by Crippen LogP contribution is 2.29. The summed E-state index contributed by atoms with van der Waals surface area (Å²) in [7, 11) is 0. The topological polar surface area (TPSA) is 95.6 Å². The van der Waals surface area contributed by atoms with Crippen molar-refractivity contribution in [3.63, 3.8) is 0 Å². The molecule has 148 valence electrons. The Bertz CT molecular complexity index is 994. The molecule has 0 unspecified atom stereocenters. The molecule has 7 heteroatoms. The monoisotopic (exact) mass is 381 g/mol. The minimum Gasteiger partial charge on any atom is -0.390 e. The van der Waals surface area contributed by atoms with Gasteiger partial charge in [0.05, 0.1) is 17.8 Å². The Kier molecular flexibility index (Phi) is 4.59. The van der Waals surface area contributed by atoms with Crippen molar-refractivity contribution in [2.45, 2.75) is 57.8 Å². The van der Waals surface area contributed by atoms with Crippen LogP contribution in [0.15, 0.2) is 36.5 Å². The number of pyridine rings is 1. The molecule has 3 aromatic heterocycles. The van der Waals surface area contributed by atoms with E-state index in [1.807, 2.05) is 37.3 Å². The number of aliphatic hydroxyl groups is 2. The maximum absolute atomic E-state index is 10.3. The predicted octanol–water partition coefficient (Wildman–Crippen LogP) is 2.63. The molecule has 28 heavy (non-hydrogen) atoms. The van der Waals surface area contributed by atoms with Crippen LogP contribution in [0.4, 0.5) is 5.82 Å². The number of hydrogen-bond donors (Lipinski definition) is 3. The number of fused-ring (bicyclic) bond motifs is 1. The lowest BCUT2D eigenvalue weighted by Crippen LogP contribution is -2.35. The van der Waals surface area contributed by atoms with Gasteiger partial charge in [-0.15, -0.1) is 0 Å². The normalized spacial score (nSPS) is 25.4. The van der Waals surface area contributed by atoms with Gasteiger partial charge in [0.2, 0.25) is 0 Å². The molecule has 4 rings (SSSR count). The van der Waals surface area contributed by atoms with Gasteiger partial charge in [-0.05, 0) is 30.5 Å². The maximum atomic E-state index is 10.3. The lowest BCUT2D eigenvalue weighted by Gasteiger charge is -2.19. The molecule has 0 saturated heterocycles. The average molecular weight is 381 g/mol. The van der Waals surface area contributed by atoms with Crippen LogP contribution in [0.25, 0.3) is 17.0 Å². The minimum atomic E-state index is -0.807. The first-order chi connectivity index (χ1) is 13.2. The summed E-state index contributed by atoms with van der Waals surface area (Å²) in [6.07, 6.45) is 0.879. The summed E-state index contributed by atoms with van der Waals surface area (Å²) >= 11 is 0. The molecule has 3 aromatic rings. The first-order valence-electron chi connectivity index (χ1n) is 9.69. The van der Waals surface area contributed by atoms with E-state index in [-0.39, 0.29) is 17.4 Å². The van der Waals surface area contributed by atoms with Gasteiger partial charge in [0.25, 0.3) is 0 Å². The molecule has 0 bridgehead atoms. The molecular weight excluding hydrogens is 354 g/mol. The molecule has 0 aliphatic heterocycles. The zero-order valence-corrected chi connectivity index (χ0v) is 16.7. The molecule has 0 amide bonds. The van der Waals surface area contributed by atoms with Gasteiger partial charge < -0.3 is 15.5 Å². The number of aromatic nitrogens is 4.